The van der Waals surface area contributed by atoms with Crippen LogP contribution in [-0.2, 0) is 18.3 Å². The van der Waals surface area contributed by atoms with Crippen molar-refractivity contribution in [2.75, 3.05) is 6.54 Å². The summed E-state index contributed by atoms with van der Waals surface area (Å²) in [7, 11) is 1.83. The highest BCUT2D eigenvalue weighted by Gasteiger charge is 2.05. The van der Waals surface area contributed by atoms with Gasteiger partial charge in [0.1, 0.15) is 6.33 Å². The van der Waals surface area contributed by atoms with E-state index < -0.39 is 5.97 Å². The topological polar surface area (TPSA) is 80.0 Å². The molecule has 0 saturated heterocycles. The van der Waals surface area contributed by atoms with E-state index in [-0.39, 0.29) is 12.5 Å². The summed E-state index contributed by atoms with van der Waals surface area (Å²) >= 11 is 0. The number of carbonyl (C=O) groups is 1. The number of aromatic nitrogens is 3. The number of aryl methyl sites for hydroxylation is 1. The first kappa shape index (κ1) is 12.6. The Morgan fingerprint density at radius 3 is 3.00 bits per heavy atom. The average molecular weight is 226 g/mol. The van der Waals surface area contributed by atoms with Crippen LogP contribution in [0.1, 0.15) is 25.6 Å². The molecule has 1 aromatic heterocycles. The monoisotopic (exact) mass is 226 g/mol. The summed E-state index contributed by atoms with van der Waals surface area (Å²) in [4.78, 5) is 14.5. The summed E-state index contributed by atoms with van der Waals surface area (Å²) in [6.45, 7) is 2.75. The SMILES string of the molecule is CC(CCC(=O)O)NCCc1ncn(C)n1. The van der Waals surface area contributed by atoms with Crippen molar-refractivity contribution in [1.82, 2.24) is 20.1 Å². The molecule has 0 saturated carbocycles. The summed E-state index contributed by atoms with van der Waals surface area (Å²) in [6, 6.07) is 0.208. The van der Waals surface area contributed by atoms with Crippen molar-refractivity contribution >= 4 is 5.97 Å². The lowest BCUT2D eigenvalue weighted by atomic mass is 10.2. The van der Waals surface area contributed by atoms with Gasteiger partial charge in [0.25, 0.3) is 0 Å². The lowest BCUT2D eigenvalue weighted by molar-refractivity contribution is -0.137. The summed E-state index contributed by atoms with van der Waals surface area (Å²) < 4.78 is 1.67. The minimum atomic E-state index is -0.750. The van der Waals surface area contributed by atoms with Crippen LogP contribution in [0.25, 0.3) is 0 Å². The highest BCUT2D eigenvalue weighted by molar-refractivity contribution is 5.66. The van der Waals surface area contributed by atoms with E-state index in [2.05, 4.69) is 15.4 Å². The van der Waals surface area contributed by atoms with Crippen LogP contribution >= 0.6 is 0 Å². The quantitative estimate of drug-likeness (QED) is 0.694. The Morgan fingerprint density at radius 1 is 1.69 bits per heavy atom. The molecule has 0 amide bonds. The molecular weight excluding hydrogens is 208 g/mol. The van der Waals surface area contributed by atoms with Crippen LogP contribution in [0.4, 0.5) is 0 Å². The highest BCUT2D eigenvalue weighted by atomic mass is 16.4. The van der Waals surface area contributed by atoms with E-state index in [9.17, 15) is 4.79 Å². The van der Waals surface area contributed by atoms with Crippen molar-refractivity contribution < 1.29 is 9.90 Å². The predicted octanol–water partition coefficient (Wildman–Crippen LogP) is 0.201. The van der Waals surface area contributed by atoms with Gasteiger partial charge in [-0.05, 0) is 13.3 Å². The number of nitrogens with one attached hydrogen (secondary N) is 1. The van der Waals surface area contributed by atoms with Crippen molar-refractivity contribution in [3.8, 4) is 0 Å². The molecule has 1 atom stereocenters. The van der Waals surface area contributed by atoms with Crippen LogP contribution in [0.15, 0.2) is 6.33 Å². The van der Waals surface area contributed by atoms with Gasteiger partial charge in [-0.1, -0.05) is 0 Å². The number of hydrogen-bond acceptors (Lipinski definition) is 4. The fraction of sp³-hybridized carbons (Fsp3) is 0.700. The fourth-order valence-corrected chi connectivity index (χ4v) is 1.37. The van der Waals surface area contributed by atoms with Gasteiger partial charge in [-0.2, -0.15) is 5.10 Å². The molecule has 1 aromatic rings. The van der Waals surface area contributed by atoms with E-state index >= 15 is 0 Å². The third-order valence-electron chi connectivity index (χ3n) is 2.28. The van der Waals surface area contributed by atoms with Crippen molar-refractivity contribution in [1.29, 1.82) is 0 Å². The van der Waals surface area contributed by atoms with Crippen LogP contribution in [0, 0.1) is 0 Å². The van der Waals surface area contributed by atoms with Gasteiger partial charge in [-0.3, -0.25) is 9.48 Å². The summed E-state index contributed by atoms with van der Waals surface area (Å²) in [5.41, 5.74) is 0. The average Bonchev–Trinajstić information content (AvgIpc) is 2.61. The highest BCUT2D eigenvalue weighted by Crippen LogP contribution is 1.96. The molecule has 6 nitrogen and oxygen atoms in total. The second kappa shape index (κ2) is 6.22. The third kappa shape index (κ3) is 4.88. The van der Waals surface area contributed by atoms with E-state index in [4.69, 9.17) is 5.11 Å². The standard InChI is InChI=1S/C10H18N4O2/c1-8(3-4-10(15)16)11-6-5-9-12-7-14(2)13-9/h7-8,11H,3-6H2,1-2H3,(H,15,16). The Balaban J connectivity index is 2.13. The zero-order chi connectivity index (χ0) is 12.0. The maximum Gasteiger partial charge on any atom is 0.303 e. The molecular formula is C10H18N4O2. The molecule has 1 unspecified atom stereocenters. The molecule has 1 rings (SSSR count). The maximum absolute atomic E-state index is 10.4. The molecule has 1 heterocycles. The molecule has 2 N–H and O–H groups in total. The number of hydrogen-bond donors (Lipinski definition) is 2. The van der Waals surface area contributed by atoms with Gasteiger partial charge in [0.2, 0.25) is 0 Å². The number of nitrogens with zero attached hydrogens (tertiary/aromatic N) is 3. The number of carboxylic acid groups (broad SMARTS) is 1. The molecule has 0 aliphatic rings. The maximum atomic E-state index is 10.4. The Labute approximate surface area is 94.7 Å². The van der Waals surface area contributed by atoms with Crippen molar-refractivity contribution in [2.24, 2.45) is 7.05 Å². The van der Waals surface area contributed by atoms with Crippen LogP contribution in [-0.4, -0.2) is 38.4 Å². The number of carboxylic acids is 1. The Hall–Kier alpha value is -1.43. The molecule has 16 heavy (non-hydrogen) atoms. The van der Waals surface area contributed by atoms with Gasteiger partial charge in [-0.25, -0.2) is 4.98 Å². The smallest absolute Gasteiger partial charge is 0.303 e. The van der Waals surface area contributed by atoms with Crippen LogP contribution in [0.2, 0.25) is 0 Å². The van der Waals surface area contributed by atoms with Gasteiger partial charge in [0.15, 0.2) is 5.82 Å². The second-order valence-corrected chi connectivity index (χ2v) is 3.87. The minimum Gasteiger partial charge on any atom is -0.481 e. The number of rotatable bonds is 7. The molecule has 0 aliphatic carbocycles. The van der Waals surface area contributed by atoms with Crippen molar-refractivity contribution in [3.63, 3.8) is 0 Å². The van der Waals surface area contributed by atoms with Gasteiger partial charge < -0.3 is 10.4 Å². The lowest BCUT2D eigenvalue weighted by Crippen LogP contribution is -2.28. The minimum absolute atomic E-state index is 0.204. The van der Waals surface area contributed by atoms with E-state index in [1.165, 1.54) is 0 Å². The normalized spacial score (nSPS) is 12.6. The Kier molecular flexibility index (Phi) is 4.91. The largest absolute Gasteiger partial charge is 0.481 e. The molecule has 0 fully saturated rings. The lowest BCUT2D eigenvalue weighted by Gasteiger charge is -2.11. The first-order chi connectivity index (χ1) is 7.58. The van der Waals surface area contributed by atoms with Gasteiger partial charge >= 0.3 is 5.97 Å². The zero-order valence-corrected chi connectivity index (χ0v) is 9.68. The molecule has 90 valence electrons. The summed E-state index contributed by atoms with van der Waals surface area (Å²) in [6.07, 6.45) is 3.28. The van der Waals surface area contributed by atoms with Crippen molar-refractivity contribution in [3.05, 3.63) is 12.2 Å². The van der Waals surface area contributed by atoms with Gasteiger partial charge in [0.05, 0.1) is 0 Å². The first-order valence-electron chi connectivity index (χ1n) is 5.37. The number of aliphatic carboxylic acids is 1. The van der Waals surface area contributed by atoms with E-state index in [1.54, 1.807) is 11.0 Å². The molecule has 0 bridgehead atoms. The van der Waals surface area contributed by atoms with E-state index in [1.807, 2.05) is 14.0 Å². The zero-order valence-electron chi connectivity index (χ0n) is 9.68. The van der Waals surface area contributed by atoms with Crippen LogP contribution in [0.5, 0.6) is 0 Å². The third-order valence-corrected chi connectivity index (χ3v) is 2.28. The summed E-state index contributed by atoms with van der Waals surface area (Å²) in [5, 5.41) is 15.9. The van der Waals surface area contributed by atoms with Crippen LogP contribution < -0.4 is 5.32 Å². The molecule has 0 aromatic carbocycles. The van der Waals surface area contributed by atoms with E-state index in [0.717, 1.165) is 18.8 Å². The van der Waals surface area contributed by atoms with Crippen molar-refractivity contribution in [2.45, 2.75) is 32.2 Å². The fourth-order valence-electron chi connectivity index (χ4n) is 1.37. The molecule has 0 aliphatic heterocycles. The Morgan fingerprint density at radius 2 is 2.44 bits per heavy atom. The van der Waals surface area contributed by atoms with Gasteiger partial charge in [0, 0.05) is 32.5 Å². The second-order valence-electron chi connectivity index (χ2n) is 3.87. The van der Waals surface area contributed by atoms with Crippen LogP contribution in [0.3, 0.4) is 0 Å². The first-order valence-corrected chi connectivity index (χ1v) is 5.37. The summed E-state index contributed by atoms with van der Waals surface area (Å²) in [5.74, 6) is 0.0560. The van der Waals surface area contributed by atoms with Gasteiger partial charge in [-0.15, -0.1) is 0 Å². The van der Waals surface area contributed by atoms with E-state index in [0.29, 0.717) is 6.42 Å². The Bertz CT molecular complexity index is 337. The molecule has 0 radical (unpaired) electrons. The molecule has 0 spiro atoms. The predicted molar refractivity (Wildman–Crippen MR) is 59.0 cm³/mol. The molecule has 6 heteroatoms.